The van der Waals surface area contributed by atoms with Gasteiger partial charge in [0, 0.05) is 23.5 Å². The van der Waals surface area contributed by atoms with Gasteiger partial charge in [-0.1, -0.05) is 38.1 Å². The third-order valence-electron chi connectivity index (χ3n) is 5.62. The molecule has 176 valence electrons. The van der Waals surface area contributed by atoms with Gasteiger partial charge in [0.1, 0.15) is 16.5 Å². The maximum absolute atomic E-state index is 13.6. The quantitative estimate of drug-likeness (QED) is 0.295. The van der Waals surface area contributed by atoms with Crippen LogP contribution >= 0.6 is 11.3 Å². The van der Waals surface area contributed by atoms with Gasteiger partial charge in [-0.3, -0.25) is 5.41 Å². The Kier molecular flexibility index (Phi) is 7.88. The van der Waals surface area contributed by atoms with Crippen LogP contribution in [0.25, 0.3) is 0 Å². The molecule has 4 N–H and O–H groups in total. The third kappa shape index (κ3) is 5.98. The number of benzene rings is 2. The minimum Gasteiger partial charge on any atom is -0.507 e. The fraction of sp³-hybridized carbons (Fsp3) is 0.333. The van der Waals surface area contributed by atoms with Crippen molar-refractivity contribution in [3.63, 3.8) is 0 Å². The molecule has 0 unspecified atom stereocenters. The fourth-order valence-electron chi connectivity index (χ4n) is 3.49. The van der Waals surface area contributed by atoms with E-state index in [0.717, 1.165) is 16.1 Å². The predicted octanol–water partition coefficient (Wildman–Crippen LogP) is 4.04. The standard InChI is InChI=1S/C24H30N4O3S2/c1-16(2)19-6-4-18(5-7-19)10-12-28(13-11-22-17(3)27-15-32-22)33(30,31)23-14-20(24(25)26)8-9-21(23)29/h4-9,14-16,29H,10-13H2,1-3H3,(H3,25,26). The molecule has 7 nitrogen and oxygen atoms in total. The first-order chi connectivity index (χ1) is 15.6. The molecular weight excluding hydrogens is 456 g/mol. The number of nitrogens with one attached hydrogen (secondary N) is 1. The molecule has 0 bridgehead atoms. The van der Waals surface area contributed by atoms with E-state index in [1.54, 1.807) is 5.51 Å². The molecule has 0 atom stereocenters. The van der Waals surface area contributed by atoms with E-state index in [2.05, 4.69) is 31.0 Å². The summed E-state index contributed by atoms with van der Waals surface area (Å²) in [5.74, 6) is -0.195. The van der Waals surface area contributed by atoms with Crippen molar-refractivity contribution in [1.82, 2.24) is 9.29 Å². The van der Waals surface area contributed by atoms with Gasteiger partial charge in [-0.05, 0) is 55.0 Å². The van der Waals surface area contributed by atoms with Crippen molar-refractivity contribution >= 4 is 27.2 Å². The summed E-state index contributed by atoms with van der Waals surface area (Å²) >= 11 is 1.50. The van der Waals surface area contributed by atoms with Gasteiger partial charge in [0.2, 0.25) is 10.0 Å². The zero-order chi connectivity index (χ0) is 24.2. The molecule has 0 saturated heterocycles. The lowest BCUT2D eigenvalue weighted by atomic mass is 10.0. The molecule has 0 amide bonds. The van der Waals surface area contributed by atoms with Gasteiger partial charge < -0.3 is 10.8 Å². The molecule has 0 radical (unpaired) electrons. The van der Waals surface area contributed by atoms with Gasteiger partial charge in [0.15, 0.2) is 0 Å². The number of nitrogens with two attached hydrogens (primary N) is 1. The number of aromatic nitrogens is 1. The zero-order valence-corrected chi connectivity index (χ0v) is 20.7. The molecule has 1 aromatic heterocycles. The Balaban J connectivity index is 1.89. The first kappa shape index (κ1) is 24.9. The number of aryl methyl sites for hydroxylation is 1. The molecule has 2 aromatic carbocycles. The van der Waals surface area contributed by atoms with E-state index >= 15 is 0 Å². The van der Waals surface area contributed by atoms with Gasteiger partial charge in [-0.2, -0.15) is 4.31 Å². The van der Waals surface area contributed by atoms with Crippen molar-refractivity contribution in [2.45, 2.75) is 44.4 Å². The fourth-order valence-corrected chi connectivity index (χ4v) is 5.82. The number of amidine groups is 1. The monoisotopic (exact) mass is 486 g/mol. The van der Waals surface area contributed by atoms with E-state index < -0.39 is 10.0 Å². The van der Waals surface area contributed by atoms with Crippen molar-refractivity contribution in [2.75, 3.05) is 13.1 Å². The minimum absolute atomic E-state index is 0.244. The van der Waals surface area contributed by atoms with Gasteiger partial charge in [0.05, 0.1) is 11.2 Å². The highest BCUT2D eigenvalue weighted by atomic mass is 32.2. The van der Waals surface area contributed by atoms with Crippen LogP contribution in [0.2, 0.25) is 0 Å². The second-order valence-corrected chi connectivity index (χ2v) is 11.1. The van der Waals surface area contributed by atoms with Crippen molar-refractivity contribution in [2.24, 2.45) is 5.73 Å². The molecule has 0 spiro atoms. The lowest BCUT2D eigenvalue weighted by Crippen LogP contribution is -2.35. The van der Waals surface area contributed by atoms with Gasteiger partial charge >= 0.3 is 0 Å². The summed E-state index contributed by atoms with van der Waals surface area (Å²) in [6, 6.07) is 12.2. The van der Waals surface area contributed by atoms with Gasteiger partial charge in [-0.25, -0.2) is 13.4 Å². The van der Waals surface area contributed by atoms with Crippen LogP contribution in [0.5, 0.6) is 5.75 Å². The Morgan fingerprint density at radius 3 is 2.39 bits per heavy atom. The second kappa shape index (κ2) is 10.5. The largest absolute Gasteiger partial charge is 0.507 e. The average molecular weight is 487 g/mol. The van der Waals surface area contributed by atoms with Crippen LogP contribution in [0.15, 0.2) is 52.9 Å². The first-order valence-corrected chi connectivity index (χ1v) is 13.1. The Bertz CT molecular complexity index is 1220. The van der Waals surface area contributed by atoms with Crippen LogP contribution in [0.1, 0.15) is 47.0 Å². The number of nitrogens with zero attached hydrogens (tertiary/aromatic N) is 2. The molecule has 1 heterocycles. The van der Waals surface area contributed by atoms with E-state index in [0.29, 0.717) is 18.8 Å². The Morgan fingerprint density at radius 2 is 1.82 bits per heavy atom. The lowest BCUT2D eigenvalue weighted by molar-refractivity contribution is 0.409. The van der Waals surface area contributed by atoms with Crippen LogP contribution in [0, 0.1) is 12.3 Å². The summed E-state index contributed by atoms with van der Waals surface area (Å²) in [6.45, 7) is 6.67. The number of phenolic OH excluding ortho intramolecular Hbond substituents is 1. The molecule has 3 rings (SSSR count). The first-order valence-electron chi connectivity index (χ1n) is 10.7. The summed E-state index contributed by atoms with van der Waals surface area (Å²) in [5.41, 5.74) is 10.7. The van der Waals surface area contributed by atoms with E-state index in [4.69, 9.17) is 11.1 Å². The highest BCUT2D eigenvalue weighted by molar-refractivity contribution is 7.89. The number of rotatable bonds is 10. The number of thiazole rings is 1. The molecule has 33 heavy (non-hydrogen) atoms. The number of hydrogen-bond donors (Lipinski definition) is 3. The normalized spacial score (nSPS) is 11.9. The van der Waals surface area contributed by atoms with Crippen LogP contribution in [0.4, 0.5) is 0 Å². The molecule has 0 aliphatic carbocycles. The average Bonchev–Trinajstić information content (AvgIpc) is 3.18. The Labute approximate surface area is 199 Å². The van der Waals surface area contributed by atoms with Crippen LogP contribution in [0.3, 0.4) is 0 Å². The molecule has 9 heteroatoms. The molecule has 0 aliphatic rings. The SMILES string of the molecule is Cc1ncsc1CCN(CCc1ccc(C(C)C)cc1)S(=O)(=O)c1cc(C(=N)N)ccc1O. The highest BCUT2D eigenvalue weighted by Gasteiger charge is 2.28. The van der Waals surface area contributed by atoms with Crippen molar-refractivity contribution in [3.05, 3.63) is 75.2 Å². The maximum atomic E-state index is 13.6. The number of hydrogen-bond acceptors (Lipinski definition) is 6. The van der Waals surface area contributed by atoms with E-state index in [1.807, 2.05) is 19.1 Å². The van der Waals surface area contributed by atoms with Crippen molar-refractivity contribution in [3.8, 4) is 5.75 Å². The third-order valence-corrected chi connectivity index (χ3v) is 8.54. The van der Waals surface area contributed by atoms with E-state index in [1.165, 1.54) is 39.4 Å². The van der Waals surface area contributed by atoms with E-state index in [-0.39, 0.29) is 35.1 Å². The summed E-state index contributed by atoms with van der Waals surface area (Å²) in [7, 11) is -4.03. The van der Waals surface area contributed by atoms with Crippen molar-refractivity contribution < 1.29 is 13.5 Å². The number of nitrogen functional groups attached to an aromatic ring is 1. The summed E-state index contributed by atoms with van der Waals surface area (Å²) in [4.78, 5) is 5.03. The predicted molar refractivity (Wildman–Crippen MR) is 133 cm³/mol. The molecular formula is C24H30N4O3S2. The van der Waals surface area contributed by atoms with Crippen LogP contribution in [-0.2, 0) is 22.9 Å². The second-order valence-electron chi connectivity index (χ2n) is 8.26. The minimum atomic E-state index is -4.03. The smallest absolute Gasteiger partial charge is 0.246 e. The highest BCUT2D eigenvalue weighted by Crippen LogP contribution is 2.28. The van der Waals surface area contributed by atoms with Crippen LogP contribution < -0.4 is 5.73 Å². The molecule has 0 saturated carbocycles. The topological polar surface area (TPSA) is 120 Å². The summed E-state index contributed by atoms with van der Waals surface area (Å²) in [6.07, 6.45) is 1.06. The Hall–Kier alpha value is -2.75. The zero-order valence-electron chi connectivity index (χ0n) is 19.1. The summed E-state index contributed by atoms with van der Waals surface area (Å²) in [5, 5.41) is 18.0. The number of aromatic hydroxyl groups is 1. The Morgan fingerprint density at radius 1 is 1.15 bits per heavy atom. The lowest BCUT2D eigenvalue weighted by Gasteiger charge is -2.23. The molecule has 3 aromatic rings. The van der Waals surface area contributed by atoms with E-state index in [9.17, 15) is 13.5 Å². The van der Waals surface area contributed by atoms with Gasteiger partial charge in [0.25, 0.3) is 0 Å². The van der Waals surface area contributed by atoms with Crippen LogP contribution in [-0.4, -0.2) is 41.7 Å². The number of phenols is 1. The van der Waals surface area contributed by atoms with Crippen molar-refractivity contribution in [1.29, 1.82) is 5.41 Å². The maximum Gasteiger partial charge on any atom is 0.246 e. The van der Waals surface area contributed by atoms with Gasteiger partial charge in [-0.15, -0.1) is 11.3 Å². The molecule has 0 fully saturated rings. The molecule has 0 aliphatic heterocycles. The summed E-state index contributed by atoms with van der Waals surface area (Å²) < 4.78 is 28.5. The number of sulfonamides is 1.